The van der Waals surface area contributed by atoms with Crippen LogP contribution in [0, 0.1) is 0 Å². The second kappa shape index (κ2) is 11.9. The van der Waals surface area contributed by atoms with E-state index in [-0.39, 0.29) is 16.7 Å². The Morgan fingerprint density at radius 3 is 1.52 bits per heavy atom. The first-order valence-corrected chi connectivity index (χ1v) is 8.27. The van der Waals surface area contributed by atoms with Gasteiger partial charge < -0.3 is 9.47 Å². The minimum atomic E-state index is -1.04. The summed E-state index contributed by atoms with van der Waals surface area (Å²) >= 11 is 0. The molecule has 0 saturated carbocycles. The standard InChI is InChI=1S/C19H26O6/c1-6-8-10-13(3)17(21)24-16(20)12-15(5)19(23)25-18(22)14(4)11-9-7-2/h3-12H2,1-2H3. The van der Waals surface area contributed by atoms with Crippen LogP contribution in [0.3, 0.4) is 0 Å². The molecule has 0 spiro atoms. The molecule has 0 aliphatic rings. The normalized spacial score (nSPS) is 9.84. The van der Waals surface area contributed by atoms with Gasteiger partial charge in [0.05, 0.1) is 6.42 Å². The summed E-state index contributed by atoms with van der Waals surface area (Å²) in [6, 6.07) is 0. The third kappa shape index (κ3) is 9.39. The van der Waals surface area contributed by atoms with Gasteiger partial charge in [-0.2, -0.15) is 0 Å². The molecule has 0 bridgehead atoms. The SMILES string of the molecule is C=C(CCCC)C(=O)OC(=O)CC(=C)C(=O)OC(=O)C(=C)CCCC. The quantitative estimate of drug-likeness (QED) is 0.322. The number of rotatable bonds is 11. The summed E-state index contributed by atoms with van der Waals surface area (Å²) < 4.78 is 9.18. The number of esters is 4. The summed E-state index contributed by atoms with van der Waals surface area (Å²) in [5.74, 6) is -3.68. The van der Waals surface area contributed by atoms with E-state index in [9.17, 15) is 19.2 Å². The number of carbonyl (C=O) groups excluding carboxylic acids is 4. The van der Waals surface area contributed by atoms with Crippen LogP contribution in [0.25, 0.3) is 0 Å². The van der Waals surface area contributed by atoms with Crippen LogP contribution in [0.1, 0.15) is 58.8 Å². The Labute approximate surface area is 148 Å². The van der Waals surface area contributed by atoms with Crippen molar-refractivity contribution in [2.24, 2.45) is 0 Å². The first kappa shape index (κ1) is 22.5. The highest BCUT2D eigenvalue weighted by Gasteiger charge is 2.21. The molecule has 0 N–H and O–H groups in total. The van der Waals surface area contributed by atoms with E-state index in [4.69, 9.17) is 0 Å². The van der Waals surface area contributed by atoms with E-state index in [0.29, 0.717) is 12.8 Å². The van der Waals surface area contributed by atoms with Gasteiger partial charge in [0.1, 0.15) is 0 Å². The van der Waals surface area contributed by atoms with Crippen LogP contribution in [0.15, 0.2) is 36.5 Å². The van der Waals surface area contributed by atoms with Crippen molar-refractivity contribution in [1.82, 2.24) is 0 Å². The van der Waals surface area contributed by atoms with E-state index in [0.717, 1.165) is 25.7 Å². The third-order valence-electron chi connectivity index (χ3n) is 3.28. The molecule has 0 aromatic heterocycles. The van der Waals surface area contributed by atoms with Gasteiger partial charge in [-0.15, -0.1) is 0 Å². The number of hydrogen-bond donors (Lipinski definition) is 0. The van der Waals surface area contributed by atoms with Crippen molar-refractivity contribution < 1.29 is 28.7 Å². The van der Waals surface area contributed by atoms with Crippen molar-refractivity contribution in [1.29, 1.82) is 0 Å². The predicted octanol–water partition coefficient (Wildman–Crippen LogP) is 3.57. The number of ether oxygens (including phenoxy) is 2. The maximum Gasteiger partial charge on any atom is 0.341 e. The fraction of sp³-hybridized carbons (Fsp3) is 0.474. The Bertz CT molecular complexity index is 570. The summed E-state index contributed by atoms with van der Waals surface area (Å²) in [4.78, 5) is 46.7. The summed E-state index contributed by atoms with van der Waals surface area (Å²) in [7, 11) is 0. The first-order valence-electron chi connectivity index (χ1n) is 8.27. The van der Waals surface area contributed by atoms with E-state index in [1.54, 1.807) is 0 Å². The molecule has 0 amide bonds. The van der Waals surface area contributed by atoms with Gasteiger partial charge in [-0.3, -0.25) is 4.79 Å². The van der Waals surface area contributed by atoms with Gasteiger partial charge in [0.25, 0.3) is 0 Å². The molecule has 6 nitrogen and oxygen atoms in total. The molecule has 0 saturated heterocycles. The molecule has 25 heavy (non-hydrogen) atoms. The van der Waals surface area contributed by atoms with Gasteiger partial charge >= 0.3 is 23.9 Å². The molecule has 0 rings (SSSR count). The van der Waals surface area contributed by atoms with E-state index in [1.165, 1.54) is 0 Å². The zero-order valence-corrected chi connectivity index (χ0v) is 15.0. The Morgan fingerprint density at radius 1 is 0.680 bits per heavy atom. The van der Waals surface area contributed by atoms with Crippen LogP contribution in [0.2, 0.25) is 0 Å². The van der Waals surface area contributed by atoms with E-state index in [1.807, 2.05) is 13.8 Å². The highest BCUT2D eigenvalue weighted by atomic mass is 16.6. The van der Waals surface area contributed by atoms with Crippen LogP contribution < -0.4 is 0 Å². The predicted molar refractivity (Wildman–Crippen MR) is 93.3 cm³/mol. The van der Waals surface area contributed by atoms with Crippen molar-refractivity contribution >= 4 is 23.9 Å². The highest BCUT2D eigenvalue weighted by molar-refractivity contribution is 6.04. The van der Waals surface area contributed by atoms with Gasteiger partial charge in [0.2, 0.25) is 0 Å². The van der Waals surface area contributed by atoms with E-state index >= 15 is 0 Å². The summed E-state index contributed by atoms with van der Waals surface area (Å²) in [5, 5.41) is 0. The van der Waals surface area contributed by atoms with Gasteiger partial charge in [-0.05, 0) is 25.7 Å². The lowest BCUT2D eigenvalue weighted by molar-refractivity contribution is -0.159. The average molecular weight is 350 g/mol. The van der Waals surface area contributed by atoms with Gasteiger partial charge in [0.15, 0.2) is 0 Å². The van der Waals surface area contributed by atoms with E-state index in [2.05, 4.69) is 29.2 Å². The van der Waals surface area contributed by atoms with Crippen LogP contribution in [-0.4, -0.2) is 23.9 Å². The van der Waals surface area contributed by atoms with Crippen molar-refractivity contribution in [3.05, 3.63) is 36.5 Å². The molecule has 0 aliphatic carbocycles. The molecule has 6 heteroatoms. The average Bonchev–Trinajstić information content (AvgIpc) is 2.56. The Morgan fingerprint density at radius 2 is 1.08 bits per heavy atom. The van der Waals surface area contributed by atoms with Crippen molar-refractivity contribution in [3.8, 4) is 0 Å². The lowest BCUT2D eigenvalue weighted by atomic mass is 10.1. The van der Waals surface area contributed by atoms with Gasteiger partial charge in [0, 0.05) is 16.7 Å². The molecule has 0 unspecified atom stereocenters. The second-order valence-electron chi connectivity index (χ2n) is 5.63. The Kier molecular flexibility index (Phi) is 10.8. The van der Waals surface area contributed by atoms with Crippen LogP contribution in [0.4, 0.5) is 0 Å². The molecule has 0 heterocycles. The minimum absolute atomic E-state index is 0.174. The minimum Gasteiger partial charge on any atom is -0.389 e. The fourth-order valence-corrected chi connectivity index (χ4v) is 1.67. The van der Waals surface area contributed by atoms with Crippen molar-refractivity contribution in [2.75, 3.05) is 0 Å². The van der Waals surface area contributed by atoms with Crippen LogP contribution in [0.5, 0.6) is 0 Å². The Balaban J connectivity index is 4.38. The van der Waals surface area contributed by atoms with Crippen LogP contribution in [-0.2, 0) is 28.7 Å². The molecule has 0 aromatic rings. The van der Waals surface area contributed by atoms with Crippen molar-refractivity contribution in [2.45, 2.75) is 58.8 Å². The number of unbranched alkanes of at least 4 members (excludes halogenated alkanes) is 2. The fourth-order valence-electron chi connectivity index (χ4n) is 1.67. The monoisotopic (exact) mass is 350 g/mol. The number of carbonyl (C=O) groups is 4. The lowest BCUT2D eigenvalue weighted by Crippen LogP contribution is -2.19. The number of hydrogen-bond acceptors (Lipinski definition) is 6. The Hall–Kier alpha value is -2.50. The maximum atomic E-state index is 11.7. The van der Waals surface area contributed by atoms with Crippen molar-refractivity contribution in [3.63, 3.8) is 0 Å². The lowest BCUT2D eigenvalue weighted by Gasteiger charge is -2.08. The first-order chi connectivity index (χ1) is 11.7. The van der Waals surface area contributed by atoms with Gasteiger partial charge in [-0.1, -0.05) is 46.4 Å². The molecular weight excluding hydrogens is 324 g/mol. The molecule has 0 atom stereocenters. The zero-order chi connectivity index (χ0) is 19.4. The molecule has 0 fully saturated rings. The molecule has 0 aliphatic heterocycles. The zero-order valence-electron chi connectivity index (χ0n) is 15.0. The van der Waals surface area contributed by atoms with Crippen LogP contribution >= 0.6 is 0 Å². The second-order valence-corrected chi connectivity index (χ2v) is 5.63. The molecule has 0 aromatic carbocycles. The summed E-state index contributed by atoms with van der Waals surface area (Å²) in [5.41, 5.74) is 0.0763. The maximum absolute atomic E-state index is 11.7. The molecule has 0 radical (unpaired) electrons. The molecule has 138 valence electrons. The van der Waals surface area contributed by atoms with E-state index < -0.39 is 30.3 Å². The third-order valence-corrected chi connectivity index (χ3v) is 3.28. The summed E-state index contributed by atoms with van der Waals surface area (Å²) in [6.07, 6.45) is 3.55. The topological polar surface area (TPSA) is 86.7 Å². The smallest absolute Gasteiger partial charge is 0.341 e. The largest absolute Gasteiger partial charge is 0.389 e. The summed E-state index contributed by atoms with van der Waals surface area (Å²) in [6.45, 7) is 14.4. The highest BCUT2D eigenvalue weighted by Crippen LogP contribution is 2.11. The van der Waals surface area contributed by atoms with Gasteiger partial charge in [-0.25, -0.2) is 14.4 Å². The molecular formula is C19H26O6.